The Bertz CT molecular complexity index is 1500. The van der Waals surface area contributed by atoms with Crippen LogP contribution in [0.15, 0.2) is 107 Å². The molecule has 2 radical (unpaired) electrons. The molecule has 0 aromatic heterocycles. The van der Waals surface area contributed by atoms with Crippen molar-refractivity contribution < 1.29 is 96.1 Å². The van der Waals surface area contributed by atoms with E-state index in [1.54, 1.807) is 12.7 Å². The number of halogens is 6. The number of carbonyl (C=O) groups excluding carboxylic acids is 2. The first kappa shape index (κ1) is 54.3. The number of hydrogen-bond donors (Lipinski definition) is 2. The second-order valence-corrected chi connectivity index (χ2v) is 9.90. The zero-order chi connectivity index (χ0) is 36.3. The summed E-state index contributed by atoms with van der Waals surface area (Å²) in [5, 5.41) is 17.4. The van der Waals surface area contributed by atoms with E-state index in [0.29, 0.717) is 0 Å². The van der Waals surface area contributed by atoms with Crippen LogP contribution < -0.4 is 10.6 Å². The number of alkyl halides is 6. The van der Waals surface area contributed by atoms with E-state index in [0.717, 1.165) is 22.7 Å². The fourth-order valence-corrected chi connectivity index (χ4v) is 2.92. The zero-order valence-corrected chi connectivity index (χ0v) is 31.3. The Labute approximate surface area is 322 Å². The number of nitrogens with zero attached hydrogens (tertiary/aromatic N) is 2. The fraction of sp³-hybridized carbons (Fsp3) is 0.176. The summed E-state index contributed by atoms with van der Waals surface area (Å²) in [6.45, 7) is 8.28. The molecule has 4 aromatic carbocycles. The Morgan fingerprint density at radius 2 is 0.692 bits per heavy atom. The van der Waals surface area contributed by atoms with Crippen LogP contribution in [0.4, 0.5) is 49.1 Å². The maximum atomic E-state index is 10.7. The van der Waals surface area contributed by atoms with Crippen molar-refractivity contribution in [2.45, 2.75) is 40.0 Å². The Balaban J connectivity index is -0.000000311. The second kappa shape index (κ2) is 27.2. The summed E-state index contributed by atoms with van der Waals surface area (Å²) in [4.78, 5) is 23.4. The predicted molar refractivity (Wildman–Crippen MR) is 185 cm³/mol. The molecule has 0 aliphatic carbocycles. The van der Waals surface area contributed by atoms with Gasteiger partial charge in [-0.05, 0) is 76.2 Å². The van der Waals surface area contributed by atoms with Crippen molar-refractivity contribution >= 4 is 47.4 Å². The summed E-state index contributed by atoms with van der Waals surface area (Å²) < 4.78 is 64.2. The molecule has 0 spiro atoms. The van der Waals surface area contributed by atoms with Gasteiger partial charge in [-0.3, -0.25) is 0 Å². The van der Waals surface area contributed by atoms with Crippen LogP contribution in [0.5, 0.6) is 0 Å². The van der Waals surface area contributed by atoms with Gasteiger partial charge in [0.1, 0.15) is 0 Å². The summed E-state index contributed by atoms with van der Waals surface area (Å²) in [6, 6.07) is 32.7. The minimum absolute atomic E-state index is 0. The molecule has 0 bridgehead atoms. The maximum Gasteiger partial charge on any atom is 2.00 e. The van der Waals surface area contributed by atoms with E-state index in [-0.39, 0.29) is 49.9 Å². The Kier molecular flexibility index (Phi) is 28.4. The second-order valence-electron chi connectivity index (χ2n) is 9.90. The molecule has 0 unspecified atom stereocenters. The molecule has 0 heterocycles. The molecule has 0 aliphatic heterocycles. The van der Waals surface area contributed by atoms with Gasteiger partial charge in [0.25, 0.3) is 0 Å². The van der Waals surface area contributed by atoms with Gasteiger partial charge >= 0.3 is 63.2 Å². The van der Waals surface area contributed by atoms with Crippen LogP contribution in [0.25, 0.3) is 0 Å². The number of benzene rings is 4. The van der Waals surface area contributed by atoms with Gasteiger partial charge in [0.05, 0.1) is 24.1 Å². The van der Waals surface area contributed by atoms with E-state index < -0.39 is 24.3 Å². The van der Waals surface area contributed by atoms with E-state index in [9.17, 15) is 26.3 Å². The first-order chi connectivity index (χ1) is 22.4. The van der Waals surface area contributed by atoms with Crippen molar-refractivity contribution in [2.24, 2.45) is 9.98 Å². The fourth-order valence-electron chi connectivity index (χ4n) is 2.92. The number of anilines is 2. The van der Waals surface area contributed by atoms with Crippen LogP contribution in [-0.2, 0) is 39.0 Å². The molecule has 10 nitrogen and oxygen atoms in total. The van der Waals surface area contributed by atoms with Crippen molar-refractivity contribution in [1.29, 1.82) is 0 Å². The summed E-state index contributed by atoms with van der Waals surface area (Å²) in [6.07, 6.45) is -6.29. The predicted octanol–water partition coefficient (Wildman–Crippen LogP) is 7.34. The van der Waals surface area contributed by atoms with Gasteiger partial charge in [-0.1, -0.05) is 70.8 Å². The van der Waals surface area contributed by atoms with E-state index in [1.165, 1.54) is 22.3 Å². The minimum Gasteiger partial charge on any atom is -0.870 e. The van der Waals surface area contributed by atoms with E-state index >= 15 is 0 Å². The van der Waals surface area contributed by atoms with Gasteiger partial charge in [0.2, 0.25) is 0 Å². The van der Waals surface area contributed by atoms with Crippen molar-refractivity contribution in [3.8, 4) is 0 Å². The molecule has 52 heavy (non-hydrogen) atoms. The summed E-state index contributed by atoms with van der Waals surface area (Å²) in [5.41, 5.74) is 9.01. The molecule has 4 rings (SSSR count). The molecular weight excluding hydrogens is 880 g/mol. The maximum absolute atomic E-state index is 10.7. The number of aliphatic imine (C=N–C) groups is 2. The van der Waals surface area contributed by atoms with Gasteiger partial charge in [-0.25, -0.2) is 9.98 Å². The molecule has 0 atom stereocenters. The number of nitrogens with one attached hydrogen (secondary N) is 2. The van der Waals surface area contributed by atoms with Crippen LogP contribution in [0.2, 0.25) is 0 Å². The molecule has 0 aliphatic rings. The molecule has 286 valence electrons. The van der Waals surface area contributed by atoms with Crippen LogP contribution in [-0.4, -0.2) is 67.7 Å². The molecule has 10 N–H and O–H groups in total. The third-order valence-corrected chi connectivity index (χ3v) is 5.60. The summed E-state index contributed by atoms with van der Waals surface area (Å²) in [5.74, 6) is -4.51. The van der Waals surface area contributed by atoms with E-state index in [4.69, 9.17) is 19.8 Å². The van der Waals surface area contributed by atoms with Crippen molar-refractivity contribution in [2.75, 3.05) is 10.6 Å². The molecule has 0 fully saturated rings. The van der Waals surface area contributed by atoms with Crippen molar-refractivity contribution in [3.63, 3.8) is 0 Å². The molecule has 0 saturated heterocycles. The molecule has 4 aromatic rings. The van der Waals surface area contributed by atoms with Crippen molar-refractivity contribution in [3.05, 3.63) is 119 Å². The molecular formula is C34H40F6N4O6Rh2+6. The van der Waals surface area contributed by atoms with Gasteiger partial charge in [-0.15, -0.1) is 0 Å². The normalized spacial score (nSPS) is 10.0. The topological polar surface area (TPSA) is 197 Å². The SMILES string of the molecule is Cc1ccc(N=CNc2ccc(C)cc2)cc1.Cc1ccc(N=CNc2ccc(C)cc2)cc1.[OH+]=C([OH2+])C(F)(F)F.[OH+]=C([OH2+])C(F)(F)F.[OH-].[OH-].[Rh+2].[Rh+2]. The van der Waals surface area contributed by atoms with Crippen molar-refractivity contribution in [1.82, 2.24) is 0 Å². The first-order valence-electron chi connectivity index (χ1n) is 13.9. The third kappa shape index (κ3) is 25.5. The minimum atomic E-state index is -4.86. The quantitative estimate of drug-likeness (QED) is 0.0671. The average Bonchev–Trinajstić information content (AvgIpc) is 3.01. The van der Waals surface area contributed by atoms with E-state index in [2.05, 4.69) is 96.8 Å². The van der Waals surface area contributed by atoms with Gasteiger partial charge in [0, 0.05) is 11.4 Å². The zero-order valence-electron chi connectivity index (χ0n) is 28.0. The monoisotopic (exact) mass is 920 g/mol. The number of aryl methyl sites for hydroxylation is 4. The number of hydrogen-bond acceptors (Lipinski definition) is 4. The summed E-state index contributed by atoms with van der Waals surface area (Å²) in [7, 11) is 0. The Hall–Kier alpha value is -4.49. The van der Waals surface area contributed by atoms with Crippen LogP contribution >= 0.6 is 0 Å². The summed E-state index contributed by atoms with van der Waals surface area (Å²) >= 11 is 0. The van der Waals surface area contributed by atoms with Gasteiger partial charge < -0.3 is 31.8 Å². The average molecular weight is 921 g/mol. The van der Waals surface area contributed by atoms with Crippen LogP contribution in [0.1, 0.15) is 22.3 Å². The van der Waals surface area contributed by atoms with Gasteiger partial charge in [0.15, 0.2) is 0 Å². The van der Waals surface area contributed by atoms with Crippen LogP contribution in [0.3, 0.4) is 0 Å². The largest absolute Gasteiger partial charge is 2.00 e. The standard InChI is InChI=1S/2C15H16N2.2C2HF3O2.2H2O.2Rh/c2*1-12-3-7-14(8-4-12)16-11-17-15-9-5-13(2)6-10-15;2*3-2(4,5)1(6)7;;;;/h2*3-11H,1-2H3,(H,16,17);2*(H,6,7);2*1H2;;/q;;;;;;2*+2/p+2. The molecule has 18 heteroatoms. The Morgan fingerprint density at radius 1 is 0.500 bits per heavy atom. The van der Waals surface area contributed by atoms with E-state index in [1.807, 2.05) is 48.5 Å². The molecule has 0 amide bonds. The molecule has 0 saturated carbocycles. The first-order valence-corrected chi connectivity index (χ1v) is 13.9. The third-order valence-electron chi connectivity index (χ3n) is 5.60. The smallest absolute Gasteiger partial charge is 0.870 e. The van der Waals surface area contributed by atoms with Crippen LogP contribution in [0, 0.1) is 27.7 Å². The van der Waals surface area contributed by atoms with Gasteiger partial charge in [-0.2, -0.15) is 35.9 Å². The Morgan fingerprint density at radius 3 is 0.885 bits per heavy atom. The number of rotatable bonds is 6.